The third kappa shape index (κ3) is 5.42. The number of phosphoric acid groups is 1. The van der Waals surface area contributed by atoms with Gasteiger partial charge in [-0.1, -0.05) is 0 Å². The van der Waals surface area contributed by atoms with Crippen molar-refractivity contribution >= 4 is 13.6 Å². The van der Waals surface area contributed by atoms with Crippen LogP contribution >= 0.6 is 7.82 Å². The van der Waals surface area contributed by atoms with Crippen LogP contribution in [-0.4, -0.2) is 17.8 Å². The number of carbonyl (C=O) groups excluding carboxylic acids is 1. The molecule has 2 rings (SSSR count). The minimum absolute atomic E-state index is 0. The van der Waals surface area contributed by atoms with Crippen LogP contribution in [0.4, 0.5) is 0 Å². The summed E-state index contributed by atoms with van der Waals surface area (Å²) < 4.78 is 20.4. The number of carbonyl (C=O) groups is 1. The van der Waals surface area contributed by atoms with Crippen LogP contribution in [0.2, 0.25) is 0 Å². The van der Waals surface area contributed by atoms with Crippen molar-refractivity contribution < 1.29 is 58.0 Å². The molecule has 2 aromatic carbocycles. The molecule has 0 aliphatic carbocycles. The summed E-state index contributed by atoms with van der Waals surface area (Å²) in [5, 5.41) is 0. The topological polar surface area (TPSA) is 95.9 Å². The fourth-order valence-corrected chi connectivity index (χ4v) is 2.74. The number of phosphoric ester groups is 1. The van der Waals surface area contributed by atoms with E-state index < -0.39 is 7.82 Å². The second kappa shape index (κ2) is 8.49. The predicted molar refractivity (Wildman–Crippen MR) is 87.5 cm³/mol. The SMILES string of the molecule is COc1ccc(C(=O)c2cc(C)c(C)c(C)c2)cc1OP(=O)([O-])O.[Na+]. The van der Waals surface area contributed by atoms with E-state index >= 15 is 0 Å². The number of aryl methyl sites for hydroxylation is 2. The van der Waals surface area contributed by atoms with Gasteiger partial charge in [0.05, 0.1) is 7.11 Å². The standard InChI is InChI=1S/C17H19O6P.Na/c1-10-7-14(8-11(2)12(10)3)17(18)13-5-6-15(22-4)16(9-13)23-24(19,20)21;/h5-9H,1-4H3,(H2,19,20,21);/q;+1/p-1. The van der Waals surface area contributed by atoms with E-state index in [0.29, 0.717) is 5.56 Å². The van der Waals surface area contributed by atoms with Gasteiger partial charge < -0.3 is 19.0 Å². The third-order valence-corrected chi connectivity index (χ3v) is 4.26. The van der Waals surface area contributed by atoms with E-state index in [4.69, 9.17) is 9.63 Å². The van der Waals surface area contributed by atoms with Crippen molar-refractivity contribution in [3.05, 3.63) is 58.1 Å². The zero-order valence-electron chi connectivity index (χ0n) is 14.8. The van der Waals surface area contributed by atoms with Gasteiger partial charge >= 0.3 is 37.4 Å². The molecular formula is C17H18NaO6P. The maximum absolute atomic E-state index is 12.7. The Balaban J connectivity index is 0.00000312. The Morgan fingerprint density at radius 1 is 1.04 bits per heavy atom. The van der Waals surface area contributed by atoms with Crippen molar-refractivity contribution in [2.75, 3.05) is 7.11 Å². The Labute approximate surface area is 168 Å². The van der Waals surface area contributed by atoms with E-state index in [2.05, 4.69) is 4.52 Å². The number of ketones is 1. The molecule has 0 aliphatic heterocycles. The van der Waals surface area contributed by atoms with Crippen LogP contribution in [0.1, 0.15) is 32.6 Å². The molecule has 128 valence electrons. The summed E-state index contributed by atoms with van der Waals surface area (Å²) in [7, 11) is -3.69. The van der Waals surface area contributed by atoms with Gasteiger partial charge in [-0.15, -0.1) is 0 Å². The number of hydrogen-bond acceptors (Lipinski definition) is 5. The van der Waals surface area contributed by atoms with Gasteiger partial charge in [0, 0.05) is 11.1 Å². The normalized spacial score (nSPS) is 12.7. The summed E-state index contributed by atoms with van der Waals surface area (Å²) >= 11 is 0. The van der Waals surface area contributed by atoms with Crippen LogP contribution in [-0.2, 0) is 4.57 Å². The molecule has 0 aliphatic rings. The molecule has 1 atom stereocenters. The van der Waals surface area contributed by atoms with E-state index in [1.165, 1.54) is 25.3 Å². The fourth-order valence-electron chi connectivity index (χ4n) is 2.35. The molecular weight excluding hydrogens is 354 g/mol. The van der Waals surface area contributed by atoms with Gasteiger partial charge in [0.15, 0.2) is 17.3 Å². The van der Waals surface area contributed by atoms with E-state index in [0.717, 1.165) is 16.7 Å². The second-order valence-corrected chi connectivity index (χ2v) is 6.61. The second-order valence-electron chi connectivity index (χ2n) is 5.49. The van der Waals surface area contributed by atoms with Crippen LogP contribution in [0, 0.1) is 20.8 Å². The van der Waals surface area contributed by atoms with E-state index in [1.54, 1.807) is 12.1 Å². The molecule has 1 N–H and O–H groups in total. The van der Waals surface area contributed by atoms with Crippen LogP contribution in [0.15, 0.2) is 30.3 Å². The Hall–Kier alpha value is -1.14. The average molecular weight is 372 g/mol. The smallest absolute Gasteiger partial charge is 0.746 e. The van der Waals surface area contributed by atoms with Gasteiger partial charge in [0.25, 0.3) is 0 Å². The summed E-state index contributed by atoms with van der Waals surface area (Å²) in [6.07, 6.45) is 0. The summed E-state index contributed by atoms with van der Waals surface area (Å²) in [6, 6.07) is 7.70. The summed E-state index contributed by atoms with van der Waals surface area (Å²) in [5.41, 5.74) is 3.80. The largest absolute Gasteiger partial charge is 1.00 e. The summed E-state index contributed by atoms with van der Waals surface area (Å²) in [6.45, 7) is 5.81. The van der Waals surface area contributed by atoms with Gasteiger partial charge in [-0.25, -0.2) is 0 Å². The minimum atomic E-state index is -5.01. The first kappa shape index (κ1) is 21.9. The molecule has 0 radical (unpaired) electrons. The van der Waals surface area contributed by atoms with Gasteiger partial charge in [0.2, 0.25) is 0 Å². The summed E-state index contributed by atoms with van der Waals surface area (Å²) in [5.74, 6) is -0.440. The van der Waals surface area contributed by atoms with Crippen LogP contribution in [0.3, 0.4) is 0 Å². The number of benzene rings is 2. The first-order chi connectivity index (χ1) is 11.1. The van der Waals surface area contributed by atoms with Gasteiger partial charge in [-0.2, -0.15) is 0 Å². The molecule has 0 fully saturated rings. The van der Waals surface area contributed by atoms with Crippen LogP contribution in [0.5, 0.6) is 11.5 Å². The third-order valence-electron chi connectivity index (χ3n) is 3.83. The minimum Gasteiger partial charge on any atom is -0.746 e. The molecule has 8 heteroatoms. The van der Waals surface area contributed by atoms with Crippen molar-refractivity contribution in [3.63, 3.8) is 0 Å². The Bertz CT molecular complexity index is 820. The van der Waals surface area contributed by atoms with E-state index in [9.17, 15) is 14.3 Å². The number of hydrogen-bond donors (Lipinski definition) is 1. The molecule has 0 saturated carbocycles. The quantitative estimate of drug-likeness (QED) is 0.440. The first-order valence-corrected chi connectivity index (χ1v) is 8.66. The maximum Gasteiger partial charge on any atom is 1.00 e. The monoisotopic (exact) mass is 372 g/mol. The number of rotatable bonds is 5. The number of ether oxygens (including phenoxy) is 1. The molecule has 0 bridgehead atoms. The molecule has 0 aromatic heterocycles. The number of methoxy groups -OCH3 is 1. The molecule has 6 nitrogen and oxygen atoms in total. The van der Waals surface area contributed by atoms with Crippen molar-refractivity contribution in [1.29, 1.82) is 0 Å². The van der Waals surface area contributed by atoms with Crippen molar-refractivity contribution in [2.24, 2.45) is 0 Å². The van der Waals surface area contributed by atoms with Crippen molar-refractivity contribution in [3.8, 4) is 11.5 Å². The van der Waals surface area contributed by atoms with Crippen molar-refractivity contribution in [2.45, 2.75) is 20.8 Å². The van der Waals surface area contributed by atoms with Gasteiger partial charge in [-0.3, -0.25) is 9.36 Å². The maximum atomic E-state index is 12.7. The molecule has 0 amide bonds. The molecule has 0 heterocycles. The predicted octanol–water partition coefficient (Wildman–Crippen LogP) is -0.305. The van der Waals surface area contributed by atoms with E-state index in [1.807, 2.05) is 20.8 Å². The van der Waals surface area contributed by atoms with Gasteiger partial charge in [-0.05, 0) is 67.8 Å². The molecule has 1 unspecified atom stereocenters. The summed E-state index contributed by atoms with van der Waals surface area (Å²) in [4.78, 5) is 32.5. The zero-order valence-corrected chi connectivity index (χ0v) is 17.7. The molecule has 25 heavy (non-hydrogen) atoms. The fraction of sp³-hybridized carbons (Fsp3) is 0.235. The Kier molecular flexibility index (Phi) is 7.44. The Morgan fingerprint density at radius 3 is 2.08 bits per heavy atom. The molecule has 0 saturated heterocycles. The van der Waals surface area contributed by atoms with Crippen molar-refractivity contribution in [1.82, 2.24) is 0 Å². The average Bonchev–Trinajstić information content (AvgIpc) is 2.49. The zero-order chi connectivity index (χ0) is 18.1. The van der Waals surface area contributed by atoms with Crippen LogP contribution in [0.25, 0.3) is 0 Å². The van der Waals surface area contributed by atoms with Crippen LogP contribution < -0.4 is 43.7 Å². The first-order valence-electron chi connectivity index (χ1n) is 7.16. The van der Waals surface area contributed by atoms with E-state index in [-0.39, 0.29) is 52.4 Å². The molecule has 2 aromatic rings. The van der Waals surface area contributed by atoms with Gasteiger partial charge in [0.1, 0.15) is 0 Å². The molecule has 0 spiro atoms. The Morgan fingerprint density at radius 2 is 1.60 bits per heavy atom.